The molecule has 9 rings (SSSR count). The first-order valence-electron chi connectivity index (χ1n) is 18.7. The van der Waals surface area contributed by atoms with Crippen molar-refractivity contribution in [3.8, 4) is 11.5 Å². The molecule has 5 nitrogen and oxygen atoms in total. The summed E-state index contributed by atoms with van der Waals surface area (Å²) in [4.78, 5) is 4.96. The second kappa shape index (κ2) is 11.5. The maximum Gasteiger partial charge on any atom is 0.297 e. The molecule has 5 aromatic carbocycles. The molecule has 6 heteroatoms. The summed E-state index contributed by atoms with van der Waals surface area (Å²) in [6.45, 7) is 21.5. The van der Waals surface area contributed by atoms with Crippen LogP contribution in [-0.4, -0.2) is 19.9 Å². The molecule has 0 spiro atoms. The van der Waals surface area contributed by atoms with E-state index in [-0.39, 0.29) is 17.5 Å². The molecule has 0 unspecified atom stereocenters. The predicted molar refractivity (Wildman–Crippen MR) is 217 cm³/mol. The van der Waals surface area contributed by atoms with Crippen LogP contribution >= 0.6 is 0 Å². The Morgan fingerprint density at radius 1 is 0.654 bits per heavy atom. The molecule has 52 heavy (non-hydrogen) atoms. The summed E-state index contributed by atoms with van der Waals surface area (Å²) in [5.74, 6) is 1.65. The van der Waals surface area contributed by atoms with Gasteiger partial charge in [-0.25, -0.2) is 0 Å². The smallest absolute Gasteiger partial charge is 0.297 e. The van der Waals surface area contributed by atoms with Crippen molar-refractivity contribution in [2.75, 3.05) is 23.0 Å². The molecule has 0 radical (unpaired) electrons. The van der Waals surface area contributed by atoms with Crippen LogP contribution in [0.3, 0.4) is 0 Å². The summed E-state index contributed by atoms with van der Waals surface area (Å²) in [7, 11) is 0. The molecule has 6 aromatic rings. The van der Waals surface area contributed by atoms with Crippen molar-refractivity contribution in [1.29, 1.82) is 0 Å². The Hall–Kier alpha value is -5.10. The van der Waals surface area contributed by atoms with Gasteiger partial charge in [0.1, 0.15) is 5.58 Å². The predicted octanol–water partition coefficient (Wildman–Crippen LogP) is 10.2. The van der Waals surface area contributed by atoms with E-state index in [1.807, 2.05) is 0 Å². The monoisotopic (exact) mass is 686 g/mol. The maximum absolute atomic E-state index is 7.09. The first kappa shape index (κ1) is 32.8. The Bertz CT molecular complexity index is 2410. The molecule has 3 aliphatic heterocycles. The minimum absolute atomic E-state index is 0.0276. The van der Waals surface area contributed by atoms with E-state index in [4.69, 9.17) is 13.9 Å². The number of ether oxygens (including phenoxy) is 2. The van der Waals surface area contributed by atoms with Crippen molar-refractivity contribution in [3.05, 3.63) is 113 Å². The Balaban J connectivity index is 1.39. The van der Waals surface area contributed by atoms with E-state index >= 15 is 0 Å². The molecular formula is C46H47BN2O3. The van der Waals surface area contributed by atoms with Gasteiger partial charge in [-0.05, 0) is 113 Å². The minimum Gasteiger partial charge on any atom is -0.490 e. The number of aryl methyl sites for hydroxylation is 2. The molecule has 0 amide bonds. The number of nitrogens with zero attached hydrogens (tertiary/aromatic N) is 2. The van der Waals surface area contributed by atoms with E-state index in [1.54, 1.807) is 0 Å². The second-order valence-electron chi connectivity index (χ2n) is 17.0. The molecule has 0 saturated carbocycles. The van der Waals surface area contributed by atoms with Gasteiger partial charge >= 0.3 is 0 Å². The summed E-state index contributed by atoms with van der Waals surface area (Å²) in [5, 5.41) is 1.10. The van der Waals surface area contributed by atoms with Gasteiger partial charge < -0.3 is 23.7 Å². The number of rotatable bonds is 2. The van der Waals surface area contributed by atoms with Gasteiger partial charge in [0.15, 0.2) is 11.5 Å². The van der Waals surface area contributed by atoms with Crippen LogP contribution in [0.4, 0.5) is 34.1 Å². The van der Waals surface area contributed by atoms with E-state index in [9.17, 15) is 0 Å². The summed E-state index contributed by atoms with van der Waals surface area (Å²) < 4.78 is 19.8. The highest BCUT2D eigenvalue weighted by Crippen LogP contribution is 2.51. The summed E-state index contributed by atoms with van der Waals surface area (Å²) in [6.07, 6.45) is 0.859. The van der Waals surface area contributed by atoms with Gasteiger partial charge in [-0.1, -0.05) is 77.9 Å². The van der Waals surface area contributed by atoms with Crippen LogP contribution < -0.4 is 35.9 Å². The van der Waals surface area contributed by atoms with Gasteiger partial charge in [-0.3, -0.25) is 0 Å². The summed E-state index contributed by atoms with van der Waals surface area (Å²) in [6, 6.07) is 31.7. The zero-order valence-electron chi connectivity index (χ0n) is 31.9. The quantitative estimate of drug-likeness (QED) is 0.169. The molecule has 262 valence electrons. The van der Waals surface area contributed by atoms with Crippen LogP contribution in [-0.2, 0) is 10.8 Å². The van der Waals surface area contributed by atoms with Crippen LogP contribution in [0, 0.1) is 20.8 Å². The van der Waals surface area contributed by atoms with Crippen LogP contribution in [0.1, 0.15) is 75.8 Å². The molecular weight excluding hydrogens is 639 g/mol. The third-order valence-electron chi connectivity index (χ3n) is 11.2. The minimum atomic E-state index is -0.104. The van der Waals surface area contributed by atoms with Gasteiger partial charge in [-0.15, -0.1) is 0 Å². The lowest BCUT2D eigenvalue weighted by molar-refractivity contribution is 0.296. The van der Waals surface area contributed by atoms with Crippen LogP contribution in [0.2, 0.25) is 0 Å². The van der Waals surface area contributed by atoms with Gasteiger partial charge in [0.2, 0.25) is 0 Å². The molecule has 0 aliphatic carbocycles. The zero-order chi connectivity index (χ0) is 36.3. The van der Waals surface area contributed by atoms with Gasteiger partial charge in [0.05, 0.1) is 30.2 Å². The standard InChI is InChI=1S/C46H47BN2O3/c1-27-23-36-40-37(24-27)49(41-28(2)25-39-43(29(41)3)51-22-12-21-50-39)42-33-13-10-11-14-38(33)52-44(42)47(40)34-26-31(46(7,8)9)17-20-35(34)48(36)32-18-15-30(16-19-32)45(4,5)6/h10-11,13-20,23-26H,12,21-22H2,1-9H3. The highest BCUT2D eigenvalue weighted by atomic mass is 16.5. The summed E-state index contributed by atoms with van der Waals surface area (Å²) >= 11 is 0. The van der Waals surface area contributed by atoms with Crippen molar-refractivity contribution in [3.63, 3.8) is 0 Å². The molecule has 0 fully saturated rings. The SMILES string of the molecule is Cc1cc2c3c(c1)N(c1c(C)cc4c(c1C)OCCCO4)c1c(oc4ccccc14)B3c1cc(C(C)(C)C)ccc1N2c1ccc(C(C)(C)C)cc1. The van der Waals surface area contributed by atoms with E-state index < -0.39 is 0 Å². The fraction of sp³-hybridized carbons (Fsp3) is 0.304. The molecule has 4 heterocycles. The average Bonchev–Trinajstić information content (AvgIpc) is 3.31. The number of para-hydroxylation sites is 1. The molecule has 3 aliphatic rings. The Labute approximate surface area is 308 Å². The number of benzene rings is 5. The molecule has 0 saturated heterocycles. The number of hydrogen-bond donors (Lipinski definition) is 0. The Morgan fingerprint density at radius 2 is 1.33 bits per heavy atom. The number of furan rings is 1. The van der Waals surface area contributed by atoms with Crippen LogP contribution in [0.25, 0.3) is 11.0 Å². The molecule has 0 bridgehead atoms. The van der Waals surface area contributed by atoms with Gasteiger partial charge in [0, 0.05) is 40.1 Å². The third-order valence-corrected chi connectivity index (χ3v) is 11.2. The van der Waals surface area contributed by atoms with Gasteiger partial charge in [-0.2, -0.15) is 0 Å². The largest absolute Gasteiger partial charge is 0.490 e. The van der Waals surface area contributed by atoms with Crippen molar-refractivity contribution in [2.24, 2.45) is 0 Å². The molecule has 1 aromatic heterocycles. The van der Waals surface area contributed by atoms with Crippen molar-refractivity contribution >= 4 is 68.4 Å². The fourth-order valence-corrected chi connectivity index (χ4v) is 8.62. The Kier molecular flexibility index (Phi) is 7.22. The number of hydrogen-bond acceptors (Lipinski definition) is 5. The van der Waals surface area contributed by atoms with Crippen molar-refractivity contribution in [2.45, 2.75) is 79.6 Å². The highest BCUT2D eigenvalue weighted by molar-refractivity contribution is 7.00. The number of anilines is 6. The first-order valence-corrected chi connectivity index (χ1v) is 18.7. The maximum atomic E-state index is 7.09. The lowest BCUT2D eigenvalue weighted by Gasteiger charge is -2.43. The van der Waals surface area contributed by atoms with Crippen molar-refractivity contribution in [1.82, 2.24) is 0 Å². The van der Waals surface area contributed by atoms with E-state index in [2.05, 4.69) is 157 Å². The zero-order valence-corrected chi connectivity index (χ0v) is 31.9. The Morgan fingerprint density at radius 3 is 2.06 bits per heavy atom. The van der Waals surface area contributed by atoms with E-state index in [0.29, 0.717) is 13.2 Å². The summed E-state index contributed by atoms with van der Waals surface area (Å²) in [5.41, 5.74) is 17.3. The topological polar surface area (TPSA) is 38.1 Å². The van der Waals surface area contributed by atoms with Crippen LogP contribution in [0.5, 0.6) is 11.5 Å². The normalized spacial score (nSPS) is 15.0. The second-order valence-corrected chi connectivity index (χ2v) is 17.0. The lowest BCUT2D eigenvalue weighted by atomic mass is 9.35. The molecule has 0 atom stereocenters. The van der Waals surface area contributed by atoms with E-state index in [0.717, 1.165) is 62.7 Å². The fourth-order valence-electron chi connectivity index (χ4n) is 8.62. The average molecular weight is 687 g/mol. The first-order chi connectivity index (χ1) is 24.8. The van der Waals surface area contributed by atoms with E-state index in [1.165, 1.54) is 44.7 Å². The van der Waals surface area contributed by atoms with Crippen LogP contribution in [0.15, 0.2) is 89.3 Å². The number of fused-ring (bicyclic) bond motifs is 7. The highest BCUT2D eigenvalue weighted by Gasteiger charge is 2.47. The lowest BCUT2D eigenvalue weighted by Crippen LogP contribution is -2.61. The molecule has 0 N–H and O–H groups in total. The van der Waals surface area contributed by atoms with Crippen molar-refractivity contribution < 1.29 is 13.9 Å². The third kappa shape index (κ3) is 4.90. The van der Waals surface area contributed by atoms with Gasteiger partial charge in [0.25, 0.3) is 6.71 Å².